The number of hydrogen-bond acceptors (Lipinski definition) is 5. The van der Waals surface area contributed by atoms with Crippen LogP contribution in [0.5, 0.6) is 0 Å². The van der Waals surface area contributed by atoms with E-state index >= 15 is 0 Å². The molecule has 0 amide bonds. The van der Waals surface area contributed by atoms with Gasteiger partial charge in [-0.3, -0.25) is 4.79 Å². The van der Waals surface area contributed by atoms with Gasteiger partial charge in [-0.1, -0.05) is 55.5 Å². The maximum absolute atomic E-state index is 11.1. The molecular weight excluding hydrogens is 344 g/mol. The Morgan fingerprint density at radius 3 is 2.19 bits per heavy atom. The number of carbonyl (C=O) groups is 1. The van der Waals surface area contributed by atoms with Gasteiger partial charge in [-0.2, -0.15) is 0 Å². The van der Waals surface area contributed by atoms with Crippen LogP contribution in [0.3, 0.4) is 0 Å². The van der Waals surface area contributed by atoms with Crippen molar-refractivity contribution in [3.05, 3.63) is 48.6 Å². The second-order valence-electron chi connectivity index (χ2n) is 6.21. The molecule has 0 aliphatic heterocycles. The fourth-order valence-electron chi connectivity index (χ4n) is 2.37. The van der Waals surface area contributed by atoms with Crippen LogP contribution in [0.15, 0.2) is 48.6 Å². The van der Waals surface area contributed by atoms with Crippen LogP contribution >= 0.6 is 0 Å². The molecule has 5 heteroatoms. The number of esters is 1. The van der Waals surface area contributed by atoms with Crippen molar-refractivity contribution < 1.29 is 24.5 Å². The second-order valence-corrected chi connectivity index (χ2v) is 6.21. The van der Waals surface area contributed by atoms with E-state index in [9.17, 15) is 15.0 Å². The van der Waals surface area contributed by atoms with Crippen LogP contribution < -0.4 is 0 Å². The number of aliphatic hydroxyl groups excluding tert-OH is 2. The van der Waals surface area contributed by atoms with Gasteiger partial charge in [0.2, 0.25) is 0 Å². The summed E-state index contributed by atoms with van der Waals surface area (Å²) in [5.74, 6) is -0.274. The Balaban J connectivity index is 4.09. The van der Waals surface area contributed by atoms with Crippen LogP contribution in [0.4, 0.5) is 0 Å². The van der Waals surface area contributed by atoms with Crippen LogP contribution in [0, 0.1) is 0 Å². The highest BCUT2D eigenvalue weighted by Gasteiger charge is 2.16. The van der Waals surface area contributed by atoms with E-state index in [-0.39, 0.29) is 5.97 Å². The second kappa shape index (κ2) is 17.7. The molecule has 0 rings (SSSR count). The van der Waals surface area contributed by atoms with Crippen molar-refractivity contribution in [2.24, 2.45) is 0 Å². The van der Waals surface area contributed by atoms with Gasteiger partial charge in [-0.05, 0) is 38.5 Å². The van der Waals surface area contributed by atoms with E-state index in [1.165, 1.54) is 14.2 Å². The fraction of sp³-hybridized carbons (Fsp3) is 0.591. The van der Waals surface area contributed by atoms with Gasteiger partial charge in [0, 0.05) is 13.5 Å². The van der Waals surface area contributed by atoms with Crippen LogP contribution in [0.1, 0.15) is 51.9 Å². The molecule has 2 N–H and O–H groups in total. The average Bonchev–Trinajstić information content (AvgIpc) is 2.67. The van der Waals surface area contributed by atoms with Gasteiger partial charge in [0.1, 0.15) is 0 Å². The minimum atomic E-state index is -0.828. The van der Waals surface area contributed by atoms with Crippen LogP contribution in [0.25, 0.3) is 0 Å². The summed E-state index contributed by atoms with van der Waals surface area (Å²) in [5, 5.41) is 20.1. The van der Waals surface area contributed by atoms with E-state index in [0.717, 1.165) is 19.3 Å². The summed E-state index contributed by atoms with van der Waals surface area (Å²) >= 11 is 0. The van der Waals surface area contributed by atoms with Crippen molar-refractivity contribution in [2.45, 2.75) is 70.2 Å². The average molecular weight is 381 g/mol. The maximum Gasteiger partial charge on any atom is 0.305 e. The third kappa shape index (κ3) is 15.1. The normalized spacial score (nSPS) is 15.9. The molecule has 0 aliphatic rings. The van der Waals surface area contributed by atoms with E-state index in [0.29, 0.717) is 25.7 Å². The summed E-state index contributed by atoms with van der Waals surface area (Å²) in [5.41, 5.74) is 0. The van der Waals surface area contributed by atoms with Crippen molar-refractivity contribution >= 4 is 5.97 Å². The predicted octanol–water partition coefficient (Wildman–Crippen LogP) is 3.87. The highest BCUT2D eigenvalue weighted by atomic mass is 16.5. The van der Waals surface area contributed by atoms with E-state index in [1.54, 1.807) is 12.2 Å². The maximum atomic E-state index is 11.1. The zero-order chi connectivity index (χ0) is 20.3. The molecule has 0 spiro atoms. The van der Waals surface area contributed by atoms with Crippen molar-refractivity contribution in [3.8, 4) is 0 Å². The first-order chi connectivity index (χ1) is 13.0. The molecule has 0 aromatic carbocycles. The molecule has 0 heterocycles. The Morgan fingerprint density at radius 1 is 0.963 bits per heavy atom. The highest BCUT2D eigenvalue weighted by molar-refractivity contribution is 5.68. The van der Waals surface area contributed by atoms with E-state index in [1.807, 2.05) is 12.2 Å². The first-order valence-corrected chi connectivity index (χ1v) is 9.64. The zero-order valence-corrected chi connectivity index (χ0v) is 16.9. The Labute approximate surface area is 164 Å². The van der Waals surface area contributed by atoms with Crippen molar-refractivity contribution in [3.63, 3.8) is 0 Å². The molecule has 0 aromatic heterocycles. The van der Waals surface area contributed by atoms with Gasteiger partial charge >= 0.3 is 5.97 Å². The molecule has 0 radical (unpaired) electrons. The van der Waals surface area contributed by atoms with E-state index in [4.69, 9.17) is 4.74 Å². The van der Waals surface area contributed by atoms with Crippen molar-refractivity contribution in [1.29, 1.82) is 0 Å². The van der Waals surface area contributed by atoms with Crippen molar-refractivity contribution in [1.82, 2.24) is 0 Å². The number of hydrogen-bond donors (Lipinski definition) is 2. The first kappa shape index (κ1) is 25.3. The van der Waals surface area contributed by atoms with Crippen LogP contribution in [-0.2, 0) is 14.3 Å². The summed E-state index contributed by atoms with van der Waals surface area (Å²) in [6.07, 6.45) is 18.4. The third-order valence-corrected chi connectivity index (χ3v) is 3.97. The summed E-state index contributed by atoms with van der Waals surface area (Å²) < 4.78 is 9.85. The Kier molecular flexibility index (Phi) is 16.6. The number of allylic oxidation sites excluding steroid dienone is 5. The highest BCUT2D eigenvalue weighted by Crippen LogP contribution is 2.11. The quantitative estimate of drug-likeness (QED) is 0.333. The molecule has 0 aliphatic carbocycles. The molecule has 0 aromatic rings. The molecule has 0 bridgehead atoms. The number of rotatable bonds is 15. The first-order valence-electron chi connectivity index (χ1n) is 9.64. The largest absolute Gasteiger partial charge is 0.469 e. The third-order valence-electron chi connectivity index (χ3n) is 3.97. The molecule has 3 atom stereocenters. The summed E-state index contributed by atoms with van der Waals surface area (Å²) in [6, 6.07) is 0. The standard InChI is InChI=1S/C22H36O5/c1-4-5-6-7-8-9-10-11-12-14-19(23)17-18-20(24)21(26-2)15-13-16-22(25)27-3/h5-6,8-9,11-12,17-21,23-24H,4,7,10,13-16H2,1-3H3/b6-5-,9-8-,12-11-,18-17+. The van der Waals surface area contributed by atoms with Gasteiger partial charge in [-0.15, -0.1) is 0 Å². The number of aliphatic hydroxyl groups is 2. The Morgan fingerprint density at radius 2 is 1.59 bits per heavy atom. The lowest BCUT2D eigenvalue weighted by atomic mass is 10.1. The monoisotopic (exact) mass is 380 g/mol. The summed E-state index contributed by atoms with van der Waals surface area (Å²) in [7, 11) is 2.87. The van der Waals surface area contributed by atoms with Crippen LogP contribution in [0.2, 0.25) is 0 Å². The van der Waals surface area contributed by atoms with E-state index in [2.05, 4.69) is 36.0 Å². The molecule has 0 saturated heterocycles. The molecule has 5 nitrogen and oxygen atoms in total. The predicted molar refractivity (Wildman–Crippen MR) is 109 cm³/mol. The zero-order valence-electron chi connectivity index (χ0n) is 16.9. The SMILES string of the molecule is CC/C=C\C/C=C\C/C=C\CC(O)/C=C/C(O)C(CCCC(=O)OC)OC. The van der Waals surface area contributed by atoms with Gasteiger partial charge in [0.05, 0.1) is 25.4 Å². The minimum absolute atomic E-state index is 0.274. The van der Waals surface area contributed by atoms with Gasteiger partial charge in [-0.25, -0.2) is 0 Å². The number of ether oxygens (including phenoxy) is 2. The lowest BCUT2D eigenvalue weighted by Gasteiger charge is -2.19. The van der Waals surface area contributed by atoms with Gasteiger partial charge in [0.15, 0.2) is 0 Å². The molecule has 27 heavy (non-hydrogen) atoms. The number of methoxy groups -OCH3 is 2. The molecule has 0 fully saturated rings. The molecular formula is C22H36O5. The molecule has 154 valence electrons. The number of carbonyl (C=O) groups excluding carboxylic acids is 1. The smallest absolute Gasteiger partial charge is 0.305 e. The Hall–Kier alpha value is -1.69. The lowest BCUT2D eigenvalue weighted by molar-refractivity contribution is -0.140. The van der Waals surface area contributed by atoms with Crippen LogP contribution in [-0.4, -0.2) is 48.7 Å². The van der Waals surface area contributed by atoms with Crippen molar-refractivity contribution in [2.75, 3.05) is 14.2 Å². The molecule has 3 unspecified atom stereocenters. The Bertz CT molecular complexity index is 479. The minimum Gasteiger partial charge on any atom is -0.469 e. The van der Waals surface area contributed by atoms with E-state index < -0.39 is 18.3 Å². The topological polar surface area (TPSA) is 76.0 Å². The fourth-order valence-corrected chi connectivity index (χ4v) is 2.37. The lowest BCUT2D eigenvalue weighted by Crippen LogP contribution is -2.26. The molecule has 0 saturated carbocycles. The summed E-state index contributed by atoms with van der Waals surface area (Å²) in [6.45, 7) is 2.11. The van der Waals surface area contributed by atoms with Gasteiger partial charge < -0.3 is 19.7 Å². The van der Waals surface area contributed by atoms with Gasteiger partial charge in [0.25, 0.3) is 0 Å². The summed E-state index contributed by atoms with van der Waals surface area (Å²) in [4.78, 5) is 11.1.